The van der Waals surface area contributed by atoms with E-state index in [1.807, 2.05) is 0 Å². The summed E-state index contributed by atoms with van der Waals surface area (Å²) in [6, 6.07) is 4.56. The molecule has 2 aromatic rings. The molecule has 0 aliphatic heterocycles. The molecular weight excluding hydrogens is 260 g/mol. The van der Waals surface area contributed by atoms with Crippen LogP contribution in [0.2, 0.25) is 0 Å². The topological polar surface area (TPSA) is 102 Å². The summed E-state index contributed by atoms with van der Waals surface area (Å²) in [6.07, 6.45) is 1.01. The van der Waals surface area contributed by atoms with Gasteiger partial charge in [-0.25, -0.2) is 13.2 Å². The molecule has 18 heavy (non-hydrogen) atoms. The van der Waals surface area contributed by atoms with Crippen molar-refractivity contribution in [3.63, 3.8) is 0 Å². The van der Waals surface area contributed by atoms with Gasteiger partial charge in [0.05, 0.1) is 10.3 Å². The number of sulfone groups is 1. The molecule has 0 aliphatic carbocycles. The van der Waals surface area contributed by atoms with Crippen molar-refractivity contribution in [3.05, 3.63) is 40.2 Å². The Bertz CT molecular complexity index is 800. The third-order valence-corrected chi connectivity index (χ3v) is 3.45. The molecular formula is C11H8O6S. The summed E-state index contributed by atoms with van der Waals surface area (Å²) in [4.78, 5) is 22.3. The van der Waals surface area contributed by atoms with Gasteiger partial charge in [-0.2, -0.15) is 0 Å². The van der Waals surface area contributed by atoms with Gasteiger partial charge in [0.1, 0.15) is 5.58 Å². The molecule has 1 aromatic heterocycles. The maximum atomic E-state index is 11.6. The van der Waals surface area contributed by atoms with E-state index < -0.39 is 27.0 Å². The fourth-order valence-electron chi connectivity index (χ4n) is 1.47. The molecule has 2 rings (SSSR count). The Hall–Kier alpha value is -2.15. The van der Waals surface area contributed by atoms with Crippen molar-refractivity contribution in [1.29, 1.82) is 0 Å². The van der Waals surface area contributed by atoms with Gasteiger partial charge >= 0.3 is 5.97 Å². The van der Waals surface area contributed by atoms with Crippen molar-refractivity contribution in [2.45, 2.75) is 4.90 Å². The molecule has 94 valence electrons. The van der Waals surface area contributed by atoms with Crippen molar-refractivity contribution in [3.8, 4) is 0 Å². The number of carbonyl (C=O) groups is 1. The second-order valence-corrected chi connectivity index (χ2v) is 5.73. The van der Waals surface area contributed by atoms with E-state index in [-0.39, 0.29) is 15.9 Å². The lowest BCUT2D eigenvalue weighted by atomic mass is 10.2. The molecule has 0 atom stereocenters. The molecule has 0 saturated carbocycles. The molecule has 1 heterocycles. The minimum absolute atomic E-state index is 0.0410. The predicted molar refractivity (Wildman–Crippen MR) is 62.6 cm³/mol. The smallest absolute Gasteiger partial charge is 0.371 e. The van der Waals surface area contributed by atoms with Crippen molar-refractivity contribution in [2.24, 2.45) is 0 Å². The molecule has 1 N–H and O–H groups in total. The van der Waals surface area contributed by atoms with E-state index in [1.54, 1.807) is 0 Å². The molecule has 0 spiro atoms. The lowest BCUT2D eigenvalue weighted by molar-refractivity contribution is 0.0663. The van der Waals surface area contributed by atoms with Crippen molar-refractivity contribution < 1.29 is 22.7 Å². The summed E-state index contributed by atoms with van der Waals surface area (Å²) in [5.74, 6) is -1.92. The maximum absolute atomic E-state index is 11.6. The number of hydrogen-bond donors (Lipinski definition) is 1. The first kappa shape index (κ1) is 12.3. The summed E-state index contributed by atoms with van der Waals surface area (Å²) in [5.41, 5.74) is -0.600. The van der Waals surface area contributed by atoms with Gasteiger partial charge in [-0.05, 0) is 12.1 Å². The van der Waals surface area contributed by atoms with Crippen LogP contribution >= 0.6 is 0 Å². The number of rotatable bonds is 2. The number of benzene rings is 1. The van der Waals surface area contributed by atoms with E-state index in [9.17, 15) is 18.0 Å². The monoisotopic (exact) mass is 268 g/mol. The fourth-order valence-corrected chi connectivity index (χ4v) is 2.11. The number of carboxylic acids is 1. The highest BCUT2D eigenvalue weighted by Crippen LogP contribution is 2.18. The van der Waals surface area contributed by atoms with Gasteiger partial charge in [0.15, 0.2) is 15.3 Å². The highest BCUT2D eigenvalue weighted by Gasteiger charge is 2.13. The van der Waals surface area contributed by atoms with Crippen LogP contribution in [0.25, 0.3) is 11.0 Å². The average molecular weight is 268 g/mol. The molecule has 0 unspecified atom stereocenters. The zero-order valence-electron chi connectivity index (χ0n) is 9.21. The van der Waals surface area contributed by atoms with E-state index in [4.69, 9.17) is 9.52 Å². The van der Waals surface area contributed by atoms with Crippen molar-refractivity contribution in [2.75, 3.05) is 6.26 Å². The van der Waals surface area contributed by atoms with E-state index in [2.05, 4.69) is 0 Å². The lowest BCUT2D eigenvalue weighted by Crippen LogP contribution is -2.07. The molecule has 0 amide bonds. The minimum Gasteiger partial charge on any atom is -0.475 e. The number of hydrogen-bond acceptors (Lipinski definition) is 5. The van der Waals surface area contributed by atoms with Crippen LogP contribution in [-0.2, 0) is 9.84 Å². The lowest BCUT2D eigenvalue weighted by Gasteiger charge is -2.01. The highest BCUT2D eigenvalue weighted by atomic mass is 32.2. The molecule has 1 aromatic carbocycles. The van der Waals surface area contributed by atoms with Gasteiger partial charge in [-0.1, -0.05) is 0 Å². The van der Waals surface area contributed by atoms with Crippen LogP contribution < -0.4 is 5.43 Å². The second kappa shape index (κ2) is 3.95. The van der Waals surface area contributed by atoms with Gasteiger partial charge in [-0.15, -0.1) is 0 Å². The summed E-state index contributed by atoms with van der Waals surface area (Å²) < 4.78 is 27.7. The first-order chi connectivity index (χ1) is 8.29. The standard InChI is InChI=1S/C11H8O6S/c1-18(15,16)6-2-3-7-8(12)5-10(11(13)14)17-9(7)4-6/h2-5H,1H3,(H,13,14). The highest BCUT2D eigenvalue weighted by molar-refractivity contribution is 7.90. The quantitative estimate of drug-likeness (QED) is 0.868. The van der Waals surface area contributed by atoms with Crippen LogP contribution in [-0.4, -0.2) is 25.7 Å². The van der Waals surface area contributed by atoms with Crippen LogP contribution in [0.3, 0.4) is 0 Å². The summed E-state index contributed by atoms with van der Waals surface area (Å²) in [7, 11) is -3.45. The third kappa shape index (κ3) is 2.12. The molecule has 7 heteroatoms. The Balaban J connectivity index is 2.84. The molecule has 0 bridgehead atoms. The Kier molecular flexibility index (Phi) is 2.70. The summed E-state index contributed by atoms with van der Waals surface area (Å²) in [6.45, 7) is 0. The van der Waals surface area contributed by atoms with E-state index >= 15 is 0 Å². The van der Waals surface area contributed by atoms with Crippen LogP contribution in [0.1, 0.15) is 10.6 Å². The first-order valence-corrected chi connectivity index (χ1v) is 6.69. The fraction of sp³-hybridized carbons (Fsp3) is 0.0909. The van der Waals surface area contributed by atoms with Crippen LogP contribution in [0.5, 0.6) is 0 Å². The normalized spacial score (nSPS) is 11.6. The second-order valence-electron chi connectivity index (χ2n) is 3.71. The van der Waals surface area contributed by atoms with Crippen LogP contribution in [0.15, 0.2) is 38.4 Å². The van der Waals surface area contributed by atoms with Gasteiger partial charge < -0.3 is 9.52 Å². The van der Waals surface area contributed by atoms with Crippen LogP contribution in [0.4, 0.5) is 0 Å². The summed E-state index contributed by atoms with van der Waals surface area (Å²) in [5, 5.41) is 8.88. The SMILES string of the molecule is CS(=O)(=O)c1ccc2c(=O)cc(C(=O)O)oc2c1. The Morgan fingerprint density at radius 2 is 1.94 bits per heavy atom. The van der Waals surface area contributed by atoms with E-state index in [1.165, 1.54) is 12.1 Å². The van der Waals surface area contributed by atoms with Gasteiger partial charge in [0.25, 0.3) is 0 Å². The molecule has 0 radical (unpaired) electrons. The zero-order valence-corrected chi connectivity index (χ0v) is 10.0. The predicted octanol–water partition coefficient (Wildman–Crippen LogP) is 0.895. The molecule has 0 aliphatic rings. The van der Waals surface area contributed by atoms with Crippen molar-refractivity contribution in [1.82, 2.24) is 0 Å². The van der Waals surface area contributed by atoms with E-state index in [0.29, 0.717) is 0 Å². The zero-order chi connectivity index (χ0) is 13.5. The van der Waals surface area contributed by atoms with Gasteiger partial charge in [0.2, 0.25) is 5.76 Å². The van der Waals surface area contributed by atoms with Crippen molar-refractivity contribution >= 4 is 26.8 Å². The minimum atomic E-state index is -3.45. The average Bonchev–Trinajstić information content (AvgIpc) is 2.26. The summed E-state index contributed by atoms with van der Waals surface area (Å²) >= 11 is 0. The number of fused-ring (bicyclic) bond motifs is 1. The van der Waals surface area contributed by atoms with Crippen LogP contribution in [0, 0.1) is 0 Å². The number of carboxylic acid groups (broad SMARTS) is 1. The maximum Gasteiger partial charge on any atom is 0.371 e. The Morgan fingerprint density at radius 3 is 2.50 bits per heavy atom. The molecule has 0 fully saturated rings. The number of aromatic carboxylic acids is 1. The Morgan fingerprint density at radius 1 is 1.28 bits per heavy atom. The third-order valence-electron chi connectivity index (χ3n) is 2.34. The largest absolute Gasteiger partial charge is 0.475 e. The molecule has 0 saturated heterocycles. The van der Waals surface area contributed by atoms with E-state index in [0.717, 1.165) is 18.4 Å². The molecule has 6 nitrogen and oxygen atoms in total. The van der Waals surface area contributed by atoms with Gasteiger partial charge in [-0.3, -0.25) is 4.79 Å². The Labute approximate surface area is 101 Å². The first-order valence-electron chi connectivity index (χ1n) is 4.80. The van der Waals surface area contributed by atoms with Gasteiger partial charge in [0, 0.05) is 18.4 Å².